The average molecular weight is 271 g/mol. The van der Waals surface area contributed by atoms with Crippen LogP contribution < -0.4 is 0 Å². The second kappa shape index (κ2) is 5.39. The quantitative estimate of drug-likeness (QED) is 0.790. The van der Waals surface area contributed by atoms with Crippen LogP contribution in [-0.4, -0.2) is 29.2 Å². The van der Waals surface area contributed by atoms with Crippen molar-refractivity contribution >= 4 is 11.7 Å². The number of carbonyl (C=O) groups is 2. The van der Waals surface area contributed by atoms with Gasteiger partial charge in [0.25, 0.3) is 0 Å². The Bertz CT molecular complexity index is 507. The lowest BCUT2D eigenvalue weighted by atomic mass is 10.00. The van der Waals surface area contributed by atoms with Gasteiger partial charge in [0, 0.05) is 18.0 Å². The number of Topliss-reactive ketones (excluding diaryl/α,β-unsaturated/α-hetero) is 1. The second-order valence-electron chi connectivity index (χ2n) is 6.05. The minimum absolute atomic E-state index is 0.0826. The summed E-state index contributed by atoms with van der Waals surface area (Å²) >= 11 is 0. The third kappa shape index (κ3) is 2.49. The number of nitrogens with zero attached hydrogens (tertiary/aromatic N) is 1. The van der Waals surface area contributed by atoms with E-state index in [1.807, 2.05) is 42.2 Å². The molecule has 2 atom stereocenters. The number of hydrogen-bond acceptors (Lipinski definition) is 2. The van der Waals surface area contributed by atoms with Crippen molar-refractivity contribution in [2.24, 2.45) is 11.8 Å². The Morgan fingerprint density at radius 3 is 2.50 bits per heavy atom. The van der Waals surface area contributed by atoms with E-state index in [0.29, 0.717) is 5.92 Å². The summed E-state index contributed by atoms with van der Waals surface area (Å²) in [5.41, 5.74) is 0.719. The molecule has 3 heteroatoms. The van der Waals surface area contributed by atoms with Gasteiger partial charge in [0.1, 0.15) is 0 Å². The highest BCUT2D eigenvalue weighted by molar-refractivity contribution is 6.02. The number of amides is 1. The summed E-state index contributed by atoms with van der Waals surface area (Å²) in [5.74, 6) is 0.911. The van der Waals surface area contributed by atoms with Gasteiger partial charge in [-0.05, 0) is 31.6 Å². The van der Waals surface area contributed by atoms with Gasteiger partial charge >= 0.3 is 0 Å². The molecular formula is C17H21NO2. The predicted octanol–water partition coefficient (Wildman–Crippen LogP) is 2.91. The van der Waals surface area contributed by atoms with Gasteiger partial charge < -0.3 is 4.90 Å². The molecule has 2 unspecified atom stereocenters. The normalized spacial score (nSPS) is 23.6. The molecule has 1 aromatic carbocycles. The molecule has 3 rings (SSSR count). The molecule has 2 aliphatic rings. The van der Waals surface area contributed by atoms with E-state index in [9.17, 15) is 9.59 Å². The monoisotopic (exact) mass is 271 g/mol. The van der Waals surface area contributed by atoms with Crippen LogP contribution in [0.2, 0.25) is 0 Å². The van der Waals surface area contributed by atoms with Crippen molar-refractivity contribution in [2.75, 3.05) is 6.54 Å². The van der Waals surface area contributed by atoms with E-state index in [2.05, 4.69) is 0 Å². The molecule has 1 aliphatic heterocycles. The van der Waals surface area contributed by atoms with Gasteiger partial charge in [0.2, 0.25) is 5.91 Å². The van der Waals surface area contributed by atoms with E-state index in [-0.39, 0.29) is 23.7 Å². The van der Waals surface area contributed by atoms with Crippen molar-refractivity contribution < 1.29 is 9.59 Å². The smallest absolute Gasteiger partial charge is 0.226 e. The van der Waals surface area contributed by atoms with Gasteiger partial charge in [-0.25, -0.2) is 0 Å². The fourth-order valence-electron chi connectivity index (χ4n) is 3.16. The van der Waals surface area contributed by atoms with E-state index in [1.165, 1.54) is 0 Å². The lowest BCUT2D eigenvalue weighted by molar-refractivity contribution is -0.135. The van der Waals surface area contributed by atoms with Gasteiger partial charge in [-0.3, -0.25) is 9.59 Å². The molecule has 0 bridgehead atoms. The fourth-order valence-corrected chi connectivity index (χ4v) is 3.16. The molecule has 0 aromatic heterocycles. The first-order chi connectivity index (χ1) is 9.68. The summed E-state index contributed by atoms with van der Waals surface area (Å²) in [5, 5.41) is 0. The average Bonchev–Trinajstić information content (AvgIpc) is 3.23. The third-order valence-corrected chi connectivity index (χ3v) is 4.62. The molecule has 20 heavy (non-hydrogen) atoms. The highest BCUT2D eigenvalue weighted by atomic mass is 16.2. The summed E-state index contributed by atoms with van der Waals surface area (Å²) in [6.45, 7) is 2.75. The zero-order valence-electron chi connectivity index (χ0n) is 11.9. The predicted molar refractivity (Wildman–Crippen MR) is 77.4 cm³/mol. The largest absolute Gasteiger partial charge is 0.332 e. The summed E-state index contributed by atoms with van der Waals surface area (Å²) in [6.07, 6.45) is 4.07. The number of carbonyl (C=O) groups excluding carboxylic acids is 2. The first kappa shape index (κ1) is 13.3. The molecule has 0 N–H and O–H groups in total. The van der Waals surface area contributed by atoms with Crippen LogP contribution in [0.5, 0.6) is 0 Å². The Kier molecular flexibility index (Phi) is 3.60. The summed E-state index contributed by atoms with van der Waals surface area (Å²) in [4.78, 5) is 27.0. The molecule has 1 aliphatic carbocycles. The molecule has 1 saturated carbocycles. The van der Waals surface area contributed by atoms with Gasteiger partial charge in [-0.1, -0.05) is 37.3 Å². The number of rotatable bonds is 4. The number of likely N-dealkylation sites (tertiary alicyclic amines) is 1. The molecule has 0 spiro atoms. The van der Waals surface area contributed by atoms with E-state index >= 15 is 0 Å². The number of hydrogen-bond donors (Lipinski definition) is 0. The van der Waals surface area contributed by atoms with Crippen LogP contribution in [0.1, 0.15) is 43.0 Å². The highest BCUT2D eigenvalue weighted by Gasteiger charge is 2.40. The zero-order chi connectivity index (χ0) is 14.1. The molecular weight excluding hydrogens is 250 g/mol. The van der Waals surface area contributed by atoms with Gasteiger partial charge in [0.15, 0.2) is 5.78 Å². The Morgan fingerprint density at radius 2 is 1.85 bits per heavy atom. The van der Waals surface area contributed by atoms with Gasteiger partial charge in [-0.15, -0.1) is 0 Å². The van der Waals surface area contributed by atoms with Crippen LogP contribution in [0.15, 0.2) is 30.3 Å². The van der Waals surface area contributed by atoms with Gasteiger partial charge in [0.05, 0.1) is 6.04 Å². The molecule has 106 valence electrons. The topological polar surface area (TPSA) is 37.4 Å². The van der Waals surface area contributed by atoms with Crippen LogP contribution >= 0.6 is 0 Å². The molecule has 1 heterocycles. The number of ketones is 1. The van der Waals surface area contributed by atoms with Crippen molar-refractivity contribution in [2.45, 2.75) is 38.6 Å². The fraction of sp³-hybridized carbons (Fsp3) is 0.529. The molecule has 0 radical (unpaired) electrons. The van der Waals surface area contributed by atoms with Gasteiger partial charge in [-0.2, -0.15) is 0 Å². The highest BCUT2D eigenvalue weighted by Crippen LogP contribution is 2.38. The first-order valence-electron chi connectivity index (χ1n) is 7.58. The minimum Gasteiger partial charge on any atom is -0.332 e. The van der Waals surface area contributed by atoms with E-state index in [1.54, 1.807) is 0 Å². The summed E-state index contributed by atoms with van der Waals surface area (Å²) < 4.78 is 0. The van der Waals surface area contributed by atoms with Crippen molar-refractivity contribution in [3.05, 3.63) is 35.9 Å². The molecule has 1 amide bonds. The molecule has 3 nitrogen and oxygen atoms in total. The third-order valence-electron chi connectivity index (χ3n) is 4.62. The maximum absolute atomic E-state index is 12.6. The summed E-state index contributed by atoms with van der Waals surface area (Å²) in [7, 11) is 0. The second-order valence-corrected chi connectivity index (χ2v) is 6.05. The Labute approximate surface area is 120 Å². The van der Waals surface area contributed by atoms with E-state index in [0.717, 1.165) is 37.8 Å². The van der Waals surface area contributed by atoms with Crippen molar-refractivity contribution in [3.63, 3.8) is 0 Å². The Balaban J connectivity index is 1.75. The van der Waals surface area contributed by atoms with Crippen molar-refractivity contribution in [1.29, 1.82) is 0 Å². The lowest BCUT2D eigenvalue weighted by Gasteiger charge is -2.26. The van der Waals surface area contributed by atoms with Crippen LogP contribution in [0.3, 0.4) is 0 Å². The summed E-state index contributed by atoms with van der Waals surface area (Å²) in [6, 6.07) is 9.10. The Morgan fingerprint density at radius 1 is 1.15 bits per heavy atom. The van der Waals surface area contributed by atoms with E-state index < -0.39 is 0 Å². The maximum Gasteiger partial charge on any atom is 0.226 e. The van der Waals surface area contributed by atoms with Crippen LogP contribution in [0.25, 0.3) is 0 Å². The molecule has 2 fully saturated rings. The molecule has 1 aromatic rings. The van der Waals surface area contributed by atoms with Crippen LogP contribution in [0, 0.1) is 11.8 Å². The minimum atomic E-state index is -0.244. The maximum atomic E-state index is 12.6. The Hall–Kier alpha value is -1.64. The van der Waals surface area contributed by atoms with Crippen molar-refractivity contribution in [3.8, 4) is 0 Å². The van der Waals surface area contributed by atoms with Crippen LogP contribution in [-0.2, 0) is 4.79 Å². The lowest BCUT2D eigenvalue weighted by Crippen LogP contribution is -2.43. The SMILES string of the molecule is CC(C(=O)N1CCCC1C(=O)c1ccccc1)C1CC1. The number of benzene rings is 1. The molecule has 1 saturated heterocycles. The van der Waals surface area contributed by atoms with Crippen LogP contribution in [0.4, 0.5) is 0 Å². The first-order valence-corrected chi connectivity index (χ1v) is 7.58. The van der Waals surface area contributed by atoms with E-state index in [4.69, 9.17) is 0 Å². The zero-order valence-corrected chi connectivity index (χ0v) is 11.9. The standard InChI is InChI=1S/C17H21NO2/c1-12(13-9-10-13)17(20)18-11-5-8-15(18)16(19)14-6-3-2-4-7-14/h2-4,6-7,12-13,15H,5,8-11H2,1H3. The van der Waals surface area contributed by atoms with Crippen molar-refractivity contribution in [1.82, 2.24) is 4.90 Å².